The van der Waals surface area contributed by atoms with Crippen LogP contribution in [0.5, 0.6) is 0 Å². The molecule has 8 heteroatoms. The number of ketones is 1. The van der Waals surface area contributed by atoms with E-state index in [4.69, 9.17) is 39.5 Å². The van der Waals surface area contributed by atoms with E-state index in [0.29, 0.717) is 15.6 Å². The highest BCUT2D eigenvalue weighted by atomic mass is 35.5. The average molecular weight is 401 g/mol. The van der Waals surface area contributed by atoms with Gasteiger partial charge < -0.3 is 10.1 Å². The summed E-state index contributed by atoms with van der Waals surface area (Å²) in [5, 5.41) is 3.44. The highest BCUT2D eigenvalue weighted by molar-refractivity contribution is 6.42. The Morgan fingerprint density at radius 1 is 0.880 bits per heavy atom. The second kappa shape index (κ2) is 8.85. The molecule has 1 N–H and O–H groups in total. The van der Waals surface area contributed by atoms with E-state index in [1.165, 1.54) is 30.3 Å². The SMILES string of the molecule is O=C(CNC(=O)c1ccc(Cl)cc1)OCC(=O)c1ccc(Cl)c(Cl)c1. The van der Waals surface area contributed by atoms with Gasteiger partial charge in [0.1, 0.15) is 6.54 Å². The Labute approximate surface area is 158 Å². The summed E-state index contributed by atoms with van der Waals surface area (Å²) in [4.78, 5) is 35.4. The highest BCUT2D eigenvalue weighted by Gasteiger charge is 2.13. The van der Waals surface area contributed by atoms with Crippen LogP contribution in [0.25, 0.3) is 0 Å². The minimum atomic E-state index is -0.740. The second-order valence-corrected chi connectivity index (χ2v) is 6.15. The molecule has 0 saturated carbocycles. The van der Waals surface area contributed by atoms with E-state index in [1.54, 1.807) is 12.1 Å². The van der Waals surface area contributed by atoms with Crippen LogP contribution in [0, 0.1) is 0 Å². The van der Waals surface area contributed by atoms with Gasteiger partial charge in [0.2, 0.25) is 0 Å². The van der Waals surface area contributed by atoms with Crippen LogP contribution in [0.4, 0.5) is 0 Å². The van der Waals surface area contributed by atoms with Crippen LogP contribution in [-0.2, 0) is 9.53 Å². The maximum Gasteiger partial charge on any atom is 0.325 e. The van der Waals surface area contributed by atoms with Crippen molar-refractivity contribution in [3.8, 4) is 0 Å². The molecule has 0 aromatic heterocycles. The quantitative estimate of drug-likeness (QED) is 0.591. The monoisotopic (exact) mass is 399 g/mol. The summed E-state index contributed by atoms with van der Waals surface area (Å²) in [7, 11) is 0. The molecule has 0 saturated heterocycles. The lowest BCUT2D eigenvalue weighted by atomic mass is 10.1. The third-order valence-corrected chi connectivity index (χ3v) is 4.10. The third kappa shape index (κ3) is 5.74. The average Bonchev–Trinajstić information content (AvgIpc) is 2.60. The Morgan fingerprint density at radius 2 is 1.52 bits per heavy atom. The minimum Gasteiger partial charge on any atom is -0.456 e. The van der Waals surface area contributed by atoms with Gasteiger partial charge in [-0.25, -0.2) is 0 Å². The Kier molecular flexibility index (Phi) is 6.82. The molecule has 1 amide bonds. The number of carbonyl (C=O) groups is 3. The van der Waals surface area contributed by atoms with Crippen molar-refractivity contribution in [2.24, 2.45) is 0 Å². The van der Waals surface area contributed by atoms with E-state index >= 15 is 0 Å². The first-order chi connectivity index (χ1) is 11.9. The number of carbonyl (C=O) groups excluding carboxylic acids is 3. The van der Waals surface area contributed by atoms with Crippen molar-refractivity contribution in [1.82, 2.24) is 5.32 Å². The van der Waals surface area contributed by atoms with Crippen LogP contribution in [0.1, 0.15) is 20.7 Å². The normalized spacial score (nSPS) is 10.2. The molecule has 0 radical (unpaired) electrons. The predicted octanol–water partition coefficient (Wildman–Crippen LogP) is 3.80. The van der Waals surface area contributed by atoms with E-state index in [1.807, 2.05) is 0 Å². The maximum atomic E-state index is 11.9. The number of ether oxygens (including phenoxy) is 1. The van der Waals surface area contributed by atoms with E-state index in [9.17, 15) is 14.4 Å². The molecule has 130 valence electrons. The van der Waals surface area contributed by atoms with E-state index in [0.717, 1.165) is 0 Å². The number of amides is 1. The largest absolute Gasteiger partial charge is 0.456 e. The van der Waals surface area contributed by atoms with Crippen molar-refractivity contribution in [2.75, 3.05) is 13.2 Å². The number of halogens is 3. The van der Waals surface area contributed by atoms with Gasteiger partial charge in [0.15, 0.2) is 12.4 Å². The summed E-state index contributed by atoms with van der Waals surface area (Å²) in [6, 6.07) is 10.5. The smallest absolute Gasteiger partial charge is 0.325 e. The zero-order chi connectivity index (χ0) is 18.4. The van der Waals surface area contributed by atoms with Gasteiger partial charge in [0, 0.05) is 16.1 Å². The van der Waals surface area contributed by atoms with Crippen molar-refractivity contribution in [1.29, 1.82) is 0 Å². The van der Waals surface area contributed by atoms with Gasteiger partial charge in [-0.15, -0.1) is 0 Å². The molecule has 2 rings (SSSR count). The zero-order valence-corrected chi connectivity index (χ0v) is 15.0. The molecule has 0 aliphatic rings. The molecule has 0 fully saturated rings. The fourth-order valence-electron chi connectivity index (χ4n) is 1.81. The molecule has 2 aromatic carbocycles. The molecular formula is C17H12Cl3NO4. The highest BCUT2D eigenvalue weighted by Crippen LogP contribution is 2.22. The summed E-state index contributed by atoms with van der Waals surface area (Å²) in [6.45, 7) is -0.830. The molecule has 0 aliphatic carbocycles. The predicted molar refractivity (Wildman–Crippen MR) is 95.5 cm³/mol. The van der Waals surface area contributed by atoms with Crippen LogP contribution in [0.15, 0.2) is 42.5 Å². The van der Waals surface area contributed by atoms with Crippen LogP contribution < -0.4 is 5.32 Å². The molecule has 0 atom stereocenters. The lowest BCUT2D eigenvalue weighted by molar-refractivity contribution is -0.141. The Bertz CT molecular complexity index is 806. The summed E-state index contributed by atoms with van der Waals surface area (Å²) >= 11 is 17.3. The van der Waals surface area contributed by atoms with Crippen molar-refractivity contribution in [3.63, 3.8) is 0 Å². The molecule has 5 nitrogen and oxygen atoms in total. The molecule has 0 bridgehead atoms. The fourth-order valence-corrected chi connectivity index (χ4v) is 2.23. The molecule has 25 heavy (non-hydrogen) atoms. The van der Waals surface area contributed by atoms with Gasteiger partial charge in [-0.2, -0.15) is 0 Å². The van der Waals surface area contributed by atoms with Gasteiger partial charge in [-0.3, -0.25) is 14.4 Å². The minimum absolute atomic E-state index is 0.231. The first-order valence-electron chi connectivity index (χ1n) is 7.04. The number of hydrogen-bond donors (Lipinski definition) is 1. The van der Waals surface area contributed by atoms with Crippen molar-refractivity contribution >= 4 is 52.5 Å². The van der Waals surface area contributed by atoms with Crippen LogP contribution in [0.2, 0.25) is 15.1 Å². The van der Waals surface area contributed by atoms with Gasteiger partial charge in [-0.05, 0) is 42.5 Å². The molecule has 0 spiro atoms. The van der Waals surface area contributed by atoms with Gasteiger partial charge in [0.05, 0.1) is 10.0 Å². The molecule has 0 unspecified atom stereocenters. The molecule has 0 heterocycles. The van der Waals surface area contributed by atoms with Gasteiger partial charge >= 0.3 is 5.97 Å². The van der Waals surface area contributed by atoms with Crippen molar-refractivity contribution < 1.29 is 19.1 Å². The molecule has 0 aliphatic heterocycles. The Balaban J connectivity index is 1.80. The molecular weight excluding hydrogens is 389 g/mol. The lowest BCUT2D eigenvalue weighted by Crippen LogP contribution is -2.31. The summed E-state index contributed by atoms with van der Waals surface area (Å²) in [5.74, 6) is -1.63. The summed E-state index contributed by atoms with van der Waals surface area (Å²) in [6.07, 6.45) is 0. The number of nitrogens with one attached hydrogen (secondary N) is 1. The Hall–Kier alpha value is -2.08. The lowest BCUT2D eigenvalue weighted by Gasteiger charge is -2.07. The number of rotatable bonds is 6. The van der Waals surface area contributed by atoms with Crippen LogP contribution in [0.3, 0.4) is 0 Å². The van der Waals surface area contributed by atoms with Crippen LogP contribution >= 0.6 is 34.8 Å². The van der Waals surface area contributed by atoms with E-state index < -0.39 is 24.3 Å². The summed E-state index contributed by atoms with van der Waals surface area (Å²) < 4.78 is 4.83. The summed E-state index contributed by atoms with van der Waals surface area (Å²) in [5.41, 5.74) is 0.622. The first-order valence-corrected chi connectivity index (χ1v) is 8.18. The van der Waals surface area contributed by atoms with E-state index in [-0.39, 0.29) is 17.1 Å². The Morgan fingerprint density at radius 3 is 2.16 bits per heavy atom. The maximum absolute atomic E-state index is 11.9. The standard InChI is InChI=1S/C17H12Cl3NO4/c18-12-4-1-10(2-5-12)17(24)21-8-16(23)25-9-15(22)11-3-6-13(19)14(20)7-11/h1-7H,8-9H2,(H,21,24). The van der Waals surface area contributed by atoms with Gasteiger partial charge in [0.25, 0.3) is 5.91 Å². The number of Topliss-reactive ketones (excluding diaryl/α,β-unsaturated/α-hetero) is 1. The second-order valence-electron chi connectivity index (χ2n) is 4.90. The van der Waals surface area contributed by atoms with Crippen LogP contribution in [-0.4, -0.2) is 30.8 Å². The number of esters is 1. The van der Waals surface area contributed by atoms with Crippen molar-refractivity contribution in [3.05, 3.63) is 68.7 Å². The topological polar surface area (TPSA) is 72.5 Å². The first kappa shape index (κ1) is 19.2. The number of benzene rings is 2. The fraction of sp³-hybridized carbons (Fsp3) is 0.118. The number of hydrogen-bond acceptors (Lipinski definition) is 4. The van der Waals surface area contributed by atoms with Gasteiger partial charge in [-0.1, -0.05) is 34.8 Å². The van der Waals surface area contributed by atoms with Crippen molar-refractivity contribution in [2.45, 2.75) is 0 Å². The molecule has 2 aromatic rings. The zero-order valence-electron chi connectivity index (χ0n) is 12.7. The third-order valence-electron chi connectivity index (χ3n) is 3.11. The van der Waals surface area contributed by atoms with E-state index in [2.05, 4.69) is 5.32 Å².